The molecule has 0 aromatic carbocycles. The topological polar surface area (TPSA) is 113 Å². The highest BCUT2D eigenvalue weighted by Crippen LogP contribution is 1.79. The lowest BCUT2D eigenvalue weighted by Gasteiger charge is -2.01. The molecule has 0 spiro atoms. The molecule has 0 aromatic heterocycles. The lowest BCUT2D eigenvalue weighted by Crippen LogP contribution is -2.24. The Balaban J connectivity index is 0. The molecule has 0 amide bonds. The van der Waals surface area contributed by atoms with E-state index >= 15 is 0 Å². The van der Waals surface area contributed by atoms with Crippen LogP contribution in [0.15, 0.2) is 0 Å². The number of hydrogen-bond acceptors (Lipinski definition) is 5. The fourth-order valence-corrected chi connectivity index (χ4v) is 0.639. The molecule has 0 aliphatic carbocycles. The van der Waals surface area contributed by atoms with Crippen molar-refractivity contribution in [2.75, 3.05) is 32.6 Å². The molecule has 0 radical (unpaired) electrons. The minimum absolute atomic E-state index is 0.0339. The Bertz CT molecular complexity index is 256. The third-order valence-corrected chi connectivity index (χ3v) is 1.12. The highest BCUT2D eigenvalue weighted by Gasteiger charge is 1.93. The fourth-order valence-electron chi connectivity index (χ4n) is 0.639. The first-order valence-corrected chi connectivity index (χ1v) is 6.55. The van der Waals surface area contributed by atoms with Crippen molar-refractivity contribution in [2.45, 2.75) is 13.3 Å². The molecule has 0 unspecified atom stereocenters. The van der Waals surface area contributed by atoms with Gasteiger partial charge in [-0.2, -0.15) is 8.42 Å². The van der Waals surface area contributed by atoms with Crippen LogP contribution in [0.25, 0.3) is 0 Å². The molecule has 0 aliphatic rings. The zero-order chi connectivity index (χ0) is 13.0. The van der Waals surface area contributed by atoms with E-state index < -0.39 is 16.1 Å². The van der Waals surface area contributed by atoms with Crippen molar-refractivity contribution in [3.63, 3.8) is 0 Å². The van der Waals surface area contributed by atoms with E-state index in [1.54, 1.807) is 0 Å². The van der Waals surface area contributed by atoms with Gasteiger partial charge in [0.25, 0.3) is 10.1 Å². The zero-order valence-electron chi connectivity index (χ0n) is 9.47. The molecule has 0 saturated carbocycles. The van der Waals surface area contributed by atoms with Crippen LogP contribution in [0.5, 0.6) is 0 Å². The number of carbonyl (C=O) groups is 1. The van der Waals surface area contributed by atoms with E-state index in [1.165, 1.54) is 0 Å². The Hall–Kier alpha value is -0.700. The first-order valence-electron chi connectivity index (χ1n) is 4.70. The van der Waals surface area contributed by atoms with Crippen molar-refractivity contribution >= 4 is 16.1 Å². The molecule has 0 aromatic rings. The second-order valence-corrected chi connectivity index (χ2v) is 4.32. The average Bonchev–Trinajstić information content (AvgIpc) is 2.08. The summed E-state index contributed by atoms with van der Waals surface area (Å²) in [5.41, 5.74) is 0. The van der Waals surface area contributed by atoms with Crippen LogP contribution in [0.4, 0.5) is 0 Å². The molecule has 0 bridgehead atoms. The predicted octanol–water partition coefficient (Wildman–Crippen LogP) is -0.409. The lowest BCUT2D eigenvalue weighted by molar-refractivity contribution is -0.135. The molecule has 0 fully saturated rings. The number of carboxylic acid groups (broad SMARTS) is 1. The summed E-state index contributed by atoms with van der Waals surface area (Å²) >= 11 is 0. The molecular formula is C8H19NO6S. The summed E-state index contributed by atoms with van der Waals surface area (Å²) in [6.07, 6.45) is 1.58. The van der Waals surface area contributed by atoms with E-state index in [4.69, 9.17) is 14.4 Å². The Morgan fingerprint density at radius 2 is 1.94 bits per heavy atom. The Morgan fingerprint density at radius 1 is 1.44 bits per heavy atom. The minimum atomic E-state index is -3.67. The number of carboxylic acids is 1. The predicted molar refractivity (Wildman–Crippen MR) is 59.1 cm³/mol. The molecule has 0 rings (SSSR count). The molecule has 3 N–H and O–H groups in total. The van der Waals surface area contributed by atoms with Crippen LogP contribution in [0, 0.1) is 0 Å². The van der Waals surface area contributed by atoms with Gasteiger partial charge in [0.05, 0.1) is 12.8 Å². The van der Waals surface area contributed by atoms with Crippen molar-refractivity contribution in [1.29, 1.82) is 0 Å². The zero-order valence-corrected chi connectivity index (χ0v) is 10.3. The van der Waals surface area contributed by atoms with E-state index in [-0.39, 0.29) is 6.54 Å². The number of aliphatic carboxylic acids is 1. The van der Waals surface area contributed by atoms with Crippen molar-refractivity contribution in [1.82, 2.24) is 5.32 Å². The van der Waals surface area contributed by atoms with E-state index in [0.29, 0.717) is 19.4 Å². The van der Waals surface area contributed by atoms with Gasteiger partial charge in [-0.05, 0) is 19.9 Å². The van der Waals surface area contributed by atoms with Crippen molar-refractivity contribution in [2.24, 2.45) is 0 Å². The third-order valence-electron chi connectivity index (χ3n) is 1.12. The largest absolute Gasteiger partial charge is 0.480 e. The van der Waals surface area contributed by atoms with Gasteiger partial charge in [-0.15, -0.1) is 0 Å². The van der Waals surface area contributed by atoms with Crippen LogP contribution < -0.4 is 5.32 Å². The van der Waals surface area contributed by atoms with Gasteiger partial charge in [0.2, 0.25) is 0 Å². The standard InChI is InChI=1S/C7H15NO3.CH4O3S/c1-2-11-5-3-4-8-6-7(9)10;1-5(2,3)4/h8H,2-6H2,1H3,(H,9,10);1H3,(H,2,3,4). The lowest BCUT2D eigenvalue weighted by atomic mass is 10.4. The average molecular weight is 257 g/mol. The Kier molecular flexibility index (Phi) is 11.9. The Labute approximate surface area is 95.5 Å². The first kappa shape index (κ1) is 17.7. The quantitative estimate of drug-likeness (QED) is 0.420. The van der Waals surface area contributed by atoms with E-state index in [0.717, 1.165) is 13.0 Å². The van der Waals surface area contributed by atoms with Gasteiger partial charge in [-0.1, -0.05) is 0 Å². The maximum absolute atomic E-state index is 9.99. The highest BCUT2D eigenvalue weighted by atomic mass is 32.2. The van der Waals surface area contributed by atoms with E-state index in [2.05, 4.69) is 5.32 Å². The first-order chi connectivity index (χ1) is 7.27. The van der Waals surface area contributed by atoms with Gasteiger partial charge in [0.15, 0.2) is 0 Å². The van der Waals surface area contributed by atoms with Gasteiger partial charge in [0.1, 0.15) is 0 Å². The highest BCUT2D eigenvalue weighted by molar-refractivity contribution is 7.85. The van der Waals surface area contributed by atoms with Crippen LogP contribution in [0.3, 0.4) is 0 Å². The van der Waals surface area contributed by atoms with Gasteiger partial charge >= 0.3 is 5.97 Å². The normalized spacial score (nSPS) is 10.4. The molecule has 0 aliphatic heterocycles. The van der Waals surface area contributed by atoms with E-state index in [1.807, 2.05) is 6.92 Å². The molecule has 0 heterocycles. The number of hydrogen-bond donors (Lipinski definition) is 3. The molecule has 0 atom stereocenters. The second-order valence-electron chi connectivity index (χ2n) is 2.85. The van der Waals surface area contributed by atoms with Gasteiger partial charge < -0.3 is 15.2 Å². The molecule has 16 heavy (non-hydrogen) atoms. The number of ether oxygens (including phenoxy) is 1. The van der Waals surface area contributed by atoms with Crippen LogP contribution in [0.2, 0.25) is 0 Å². The summed E-state index contributed by atoms with van der Waals surface area (Å²) in [7, 11) is -3.67. The van der Waals surface area contributed by atoms with Crippen LogP contribution in [-0.2, 0) is 19.6 Å². The van der Waals surface area contributed by atoms with Crippen LogP contribution in [-0.4, -0.2) is 56.6 Å². The summed E-state index contributed by atoms with van der Waals surface area (Å²) in [6.45, 7) is 4.09. The summed E-state index contributed by atoms with van der Waals surface area (Å²) in [4.78, 5) is 9.99. The maximum atomic E-state index is 9.99. The SMILES string of the molecule is CCOCCCNCC(=O)O.CS(=O)(=O)O. The molecule has 0 saturated heterocycles. The van der Waals surface area contributed by atoms with Crippen molar-refractivity contribution in [3.05, 3.63) is 0 Å². The van der Waals surface area contributed by atoms with Crippen molar-refractivity contribution < 1.29 is 27.6 Å². The minimum Gasteiger partial charge on any atom is -0.480 e. The van der Waals surface area contributed by atoms with Crippen molar-refractivity contribution in [3.8, 4) is 0 Å². The molecular weight excluding hydrogens is 238 g/mol. The number of rotatable bonds is 7. The van der Waals surface area contributed by atoms with Gasteiger partial charge in [-0.25, -0.2) is 0 Å². The second kappa shape index (κ2) is 10.8. The fraction of sp³-hybridized carbons (Fsp3) is 0.875. The summed E-state index contributed by atoms with van der Waals surface area (Å²) in [5, 5.41) is 11.0. The molecule has 8 heteroatoms. The molecule has 7 nitrogen and oxygen atoms in total. The maximum Gasteiger partial charge on any atom is 0.317 e. The summed E-state index contributed by atoms with van der Waals surface area (Å²) in [6, 6.07) is 0. The summed E-state index contributed by atoms with van der Waals surface area (Å²) < 4.78 is 30.9. The summed E-state index contributed by atoms with van der Waals surface area (Å²) in [5.74, 6) is -0.818. The molecule has 98 valence electrons. The van der Waals surface area contributed by atoms with Crippen LogP contribution in [0.1, 0.15) is 13.3 Å². The Morgan fingerprint density at radius 3 is 2.31 bits per heavy atom. The van der Waals surface area contributed by atoms with Crippen LogP contribution >= 0.6 is 0 Å². The van der Waals surface area contributed by atoms with E-state index in [9.17, 15) is 13.2 Å². The monoisotopic (exact) mass is 257 g/mol. The third kappa shape index (κ3) is 37.8. The van der Waals surface area contributed by atoms with Gasteiger partial charge in [-0.3, -0.25) is 9.35 Å². The van der Waals surface area contributed by atoms with Gasteiger partial charge in [0, 0.05) is 13.2 Å². The number of nitrogens with one attached hydrogen (secondary N) is 1. The smallest absolute Gasteiger partial charge is 0.317 e.